The van der Waals surface area contributed by atoms with E-state index in [4.69, 9.17) is 0 Å². The van der Waals surface area contributed by atoms with Gasteiger partial charge in [-0.25, -0.2) is 13.6 Å². The zero-order chi connectivity index (χ0) is 15.6. The summed E-state index contributed by atoms with van der Waals surface area (Å²) >= 11 is 0. The number of nitrogens with zero attached hydrogens (tertiary/aromatic N) is 1. The van der Waals surface area contributed by atoms with Crippen molar-refractivity contribution in [1.29, 1.82) is 0 Å². The molecule has 0 saturated carbocycles. The van der Waals surface area contributed by atoms with Crippen molar-refractivity contribution in [3.63, 3.8) is 0 Å². The van der Waals surface area contributed by atoms with Gasteiger partial charge in [0.05, 0.1) is 5.41 Å². The topological polar surface area (TPSA) is 69.6 Å². The number of hydrogen-bond acceptors (Lipinski definition) is 2. The Balaban J connectivity index is 2.11. The number of halogens is 2. The molecule has 5 nitrogen and oxygen atoms in total. The van der Waals surface area contributed by atoms with Gasteiger partial charge in [0.25, 0.3) is 0 Å². The smallest absolute Gasteiger partial charge is 0.322 e. The quantitative estimate of drug-likeness (QED) is 0.901. The summed E-state index contributed by atoms with van der Waals surface area (Å²) in [4.78, 5) is 24.6. The minimum Gasteiger partial charge on any atom is -0.481 e. The van der Waals surface area contributed by atoms with Gasteiger partial charge in [0.15, 0.2) is 0 Å². The van der Waals surface area contributed by atoms with Crippen LogP contribution in [0, 0.1) is 17.0 Å². The van der Waals surface area contributed by atoms with Crippen molar-refractivity contribution in [2.24, 2.45) is 5.41 Å². The van der Waals surface area contributed by atoms with Gasteiger partial charge < -0.3 is 15.3 Å². The number of benzene rings is 1. The van der Waals surface area contributed by atoms with Gasteiger partial charge in [-0.05, 0) is 25.0 Å². The van der Waals surface area contributed by atoms with Crippen molar-refractivity contribution in [2.75, 3.05) is 18.4 Å². The molecule has 1 fully saturated rings. The molecule has 0 aliphatic carbocycles. The van der Waals surface area contributed by atoms with Crippen LogP contribution in [0.25, 0.3) is 0 Å². The van der Waals surface area contributed by atoms with Crippen molar-refractivity contribution < 1.29 is 23.5 Å². The van der Waals surface area contributed by atoms with Gasteiger partial charge in [0, 0.05) is 13.1 Å². The Labute approximate surface area is 120 Å². The van der Waals surface area contributed by atoms with Crippen LogP contribution in [0.3, 0.4) is 0 Å². The maximum atomic E-state index is 13.5. The van der Waals surface area contributed by atoms with Crippen LogP contribution < -0.4 is 5.32 Å². The molecule has 1 aromatic rings. The zero-order valence-electron chi connectivity index (χ0n) is 11.5. The first-order valence-corrected chi connectivity index (χ1v) is 6.63. The van der Waals surface area contributed by atoms with Gasteiger partial charge in [-0.3, -0.25) is 4.79 Å². The van der Waals surface area contributed by atoms with Crippen LogP contribution in [0.2, 0.25) is 0 Å². The first-order valence-electron chi connectivity index (χ1n) is 6.63. The van der Waals surface area contributed by atoms with E-state index in [-0.39, 0.29) is 13.1 Å². The third-order valence-electron chi connectivity index (χ3n) is 3.97. The van der Waals surface area contributed by atoms with Crippen molar-refractivity contribution in [2.45, 2.75) is 19.8 Å². The summed E-state index contributed by atoms with van der Waals surface area (Å²) in [5.74, 6) is -2.71. The zero-order valence-corrected chi connectivity index (χ0v) is 11.5. The van der Waals surface area contributed by atoms with Crippen molar-refractivity contribution in [3.05, 3.63) is 29.8 Å². The van der Waals surface area contributed by atoms with Gasteiger partial charge >= 0.3 is 12.0 Å². The summed E-state index contributed by atoms with van der Waals surface area (Å²) < 4.78 is 27.0. The predicted octanol–water partition coefficient (Wildman–Crippen LogP) is 2.68. The number of carboxylic acid groups (broad SMARTS) is 1. The maximum Gasteiger partial charge on any atom is 0.322 e. The fourth-order valence-corrected chi connectivity index (χ4v) is 2.46. The number of rotatable bonds is 3. The minimum atomic E-state index is -0.981. The van der Waals surface area contributed by atoms with Gasteiger partial charge in [-0.2, -0.15) is 0 Å². The molecule has 2 rings (SSSR count). The molecule has 1 saturated heterocycles. The third-order valence-corrected chi connectivity index (χ3v) is 3.97. The van der Waals surface area contributed by atoms with E-state index in [1.807, 2.05) is 0 Å². The Hall–Kier alpha value is -2.18. The van der Waals surface area contributed by atoms with Crippen LogP contribution in [0.5, 0.6) is 0 Å². The Bertz CT molecular complexity index is 559. The summed E-state index contributed by atoms with van der Waals surface area (Å²) in [6.45, 7) is 2.01. The first kappa shape index (κ1) is 15.2. The number of carbonyl (C=O) groups is 2. The van der Waals surface area contributed by atoms with Gasteiger partial charge in [0.1, 0.15) is 17.3 Å². The highest BCUT2D eigenvalue weighted by molar-refractivity contribution is 5.90. The lowest BCUT2D eigenvalue weighted by atomic mass is 9.84. The number of hydrogen-bond donors (Lipinski definition) is 2. The number of amides is 2. The lowest BCUT2D eigenvalue weighted by molar-refractivity contribution is -0.148. The molecule has 1 aromatic carbocycles. The highest BCUT2D eigenvalue weighted by Crippen LogP contribution is 2.34. The van der Waals surface area contributed by atoms with Gasteiger partial charge in [0.2, 0.25) is 0 Å². The molecule has 1 unspecified atom stereocenters. The van der Waals surface area contributed by atoms with Crippen LogP contribution in [0.15, 0.2) is 18.2 Å². The number of carboxylic acids is 1. The fraction of sp³-hybridized carbons (Fsp3) is 0.429. The molecule has 21 heavy (non-hydrogen) atoms. The molecule has 1 heterocycles. The van der Waals surface area contributed by atoms with Crippen LogP contribution in [0.4, 0.5) is 19.3 Å². The van der Waals surface area contributed by atoms with Crippen LogP contribution >= 0.6 is 0 Å². The summed E-state index contributed by atoms with van der Waals surface area (Å²) in [6, 6.07) is 2.57. The summed E-state index contributed by atoms with van der Waals surface area (Å²) in [6.07, 6.45) is 0.714. The summed E-state index contributed by atoms with van der Waals surface area (Å²) in [5, 5.41) is 11.4. The first-order chi connectivity index (χ1) is 9.89. The summed E-state index contributed by atoms with van der Waals surface area (Å²) in [7, 11) is 0. The molecule has 0 bridgehead atoms. The Morgan fingerprint density at radius 2 is 2.00 bits per heavy atom. The Morgan fingerprint density at radius 1 is 1.38 bits per heavy atom. The van der Waals surface area contributed by atoms with Crippen LogP contribution in [0.1, 0.15) is 19.8 Å². The molecule has 7 heteroatoms. The van der Waals surface area contributed by atoms with E-state index in [0.717, 1.165) is 12.1 Å². The van der Waals surface area contributed by atoms with E-state index in [1.54, 1.807) is 6.92 Å². The number of urea groups is 1. The van der Waals surface area contributed by atoms with Crippen molar-refractivity contribution in [1.82, 2.24) is 4.90 Å². The Morgan fingerprint density at radius 3 is 2.48 bits per heavy atom. The fourth-order valence-electron chi connectivity index (χ4n) is 2.46. The molecular formula is C14H16F2N2O3. The number of likely N-dealkylation sites (tertiary alicyclic amines) is 1. The monoisotopic (exact) mass is 298 g/mol. The number of carbonyl (C=O) groups excluding carboxylic acids is 1. The minimum absolute atomic E-state index is 0.0285. The molecule has 0 spiro atoms. The number of nitrogens with one attached hydrogen (secondary N) is 1. The average Bonchev–Trinajstić information content (AvgIpc) is 2.89. The van der Waals surface area contributed by atoms with E-state index >= 15 is 0 Å². The predicted molar refractivity (Wildman–Crippen MR) is 71.9 cm³/mol. The van der Waals surface area contributed by atoms with Crippen LogP contribution in [-0.2, 0) is 4.79 Å². The standard InChI is InChI=1S/C14H16F2N2O3/c1-2-14(12(19)20)6-7-18(8-14)13(21)17-11-9(15)4-3-5-10(11)16/h3-5H,2,6-8H2,1H3,(H,17,21)(H,19,20). The highest BCUT2D eigenvalue weighted by Gasteiger charge is 2.44. The molecular weight excluding hydrogens is 282 g/mol. The van der Waals surface area contributed by atoms with E-state index in [1.165, 1.54) is 11.0 Å². The maximum absolute atomic E-state index is 13.5. The van der Waals surface area contributed by atoms with E-state index in [9.17, 15) is 23.5 Å². The van der Waals surface area contributed by atoms with E-state index in [2.05, 4.69) is 5.32 Å². The second kappa shape index (κ2) is 5.67. The number of para-hydroxylation sites is 1. The van der Waals surface area contributed by atoms with Crippen LogP contribution in [-0.4, -0.2) is 35.1 Å². The lowest BCUT2D eigenvalue weighted by Crippen LogP contribution is -2.38. The van der Waals surface area contributed by atoms with Gasteiger partial charge in [-0.15, -0.1) is 0 Å². The number of anilines is 1. The second-order valence-corrected chi connectivity index (χ2v) is 5.14. The normalized spacial score (nSPS) is 21.4. The second-order valence-electron chi connectivity index (χ2n) is 5.14. The molecule has 2 amide bonds. The molecule has 1 aliphatic rings. The Kier molecular flexibility index (Phi) is 4.11. The number of aliphatic carboxylic acids is 1. The van der Waals surface area contributed by atoms with E-state index in [0.29, 0.717) is 12.8 Å². The van der Waals surface area contributed by atoms with Gasteiger partial charge in [-0.1, -0.05) is 13.0 Å². The lowest BCUT2D eigenvalue weighted by Gasteiger charge is -2.23. The largest absolute Gasteiger partial charge is 0.481 e. The molecule has 0 aromatic heterocycles. The van der Waals surface area contributed by atoms with Crippen molar-refractivity contribution in [3.8, 4) is 0 Å². The molecule has 0 radical (unpaired) electrons. The highest BCUT2D eigenvalue weighted by atomic mass is 19.1. The van der Waals surface area contributed by atoms with E-state index < -0.39 is 34.7 Å². The third kappa shape index (κ3) is 2.81. The SMILES string of the molecule is CCC1(C(=O)O)CCN(C(=O)Nc2c(F)cccc2F)C1. The van der Waals surface area contributed by atoms with Crippen molar-refractivity contribution >= 4 is 17.7 Å². The molecule has 1 aliphatic heterocycles. The summed E-state index contributed by atoms with van der Waals surface area (Å²) in [5.41, 5.74) is -1.50. The average molecular weight is 298 g/mol. The molecule has 1 atom stereocenters. The molecule has 114 valence electrons. The molecule has 2 N–H and O–H groups in total.